The van der Waals surface area contributed by atoms with Crippen molar-refractivity contribution >= 4 is 22.7 Å². The molecule has 0 saturated carbocycles. The number of fused-ring (bicyclic) bond motifs is 1. The van der Waals surface area contributed by atoms with Crippen LogP contribution in [-0.2, 0) is 0 Å². The second-order valence-corrected chi connectivity index (χ2v) is 8.20. The molecule has 0 spiro atoms. The highest BCUT2D eigenvalue weighted by molar-refractivity contribution is 7.98. The fraction of sp³-hybridized carbons (Fsp3) is 0.0833. The number of hydrogen-bond acceptors (Lipinski definition) is 6. The minimum absolute atomic E-state index is 0.305. The summed E-state index contributed by atoms with van der Waals surface area (Å²) in [4.78, 5) is 34.1. The molecule has 0 aliphatic rings. The first kappa shape index (κ1) is 20.0. The van der Waals surface area contributed by atoms with E-state index >= 15 is 0 Å². The average Bonchev–Trinajstić information content (AvgIpc) is 3.30. The summed E-state index contributed by atoms with van der Waals surface area (Å²) < 4.78 is 6.56. The maximum absolute atomic E-state index is 13.0. The number of benzene rings is 3. The molecule has 8 heteroatoms. The first-order chi connectivity index (χ1) is 15.5. The normalized spacial score (nSPS) is 11.2. The minimum Gasteiger partial charge on any atom is -0.334 e. The number of rotatable bonds is 4. The quantitative estimate of drug-likeness (QED) is 0.414. The molecule has 0 bridgehead atoms. The van der Waals surface area contributed by atoms with E-state index in [0.717, 1.165) is 20.6 Å². The number of aryl methyl sites for hydroxylation is 1. The molecular weight excluding hydrogens is 424 g/mol. The highest BCUT2D eigenvalue weighted by atomic mass is 32.2. The van der Waals surface area contributed by atoms with Crippen LogP contribution < -0.4 is 11.2 Å². The Morgan fingerprint density at radius 3 is 2.38 bits per heavy atom. The SMILES string of the molecule is CSc1ccc(-c2noc(-c3ccc4c(=O)n(-c5ccc(C)cc5)c(=O)[nH]c4c3)n2)cc1. The first-order valence-corrected chi connectivity index (χ1v) is 11.1. The molecule has 2 heterocycles. The van der Waals surface area contributed by atoms with Crippen LogP contribution >= 0.6 is 11.8 Å². The fourth-order valence-corrected chi connectivity index (χ4v) is 3.89. The smallest absolute Gasteiger partial charge is 0.333 e. The van der Waals surface area contributed by atoms with Crippen molar-refractivity contribution in [3.05, 3.63) is 93.1 Å². The third-order valence-corrected chi connectivity index (χ3v) is 5.95. The van der Waals surface area contributed by atoms with Gasteiger partial charge in [-0.3, -0.25) is 4.79 Å². The van der Waals surface area contributed by atoms with Gasteiger partial charge >= 0.3 is 5.69 Å². The lowest BCUT2D eigenvalue weighted by Gasteiger charge is -2.07. The Morgan fingerprint density at radius 2 is 1.66 bits per heavy atom. The predicted octanol–water partition coefficient (Wildman–Crippen LogP) is 4.43. The van der Waals surface area contributed by atoms with E-state index in [1.165, 1.54) is 0 Å². The van der Waals surface area contributed by atoms with Crippen LogP contribution in [0.4, 0.5) is 0 Å². The number of aromatic nitrogens is 4. The molecule has 0 saturated heterocycles. The highest BCUT2D eigenvalue weighted by Crippen LogP contribution is 2.25. The molecule has 158 valence electrons. The van der Waals surface area contributed by atoms with Gasteiger partial charge in [-0.15, -0.1) is 11.8 Å². The number of nitrogens with one attached hydrogen (secondary N) is 1. The molecule has 0 unspecified atom stereocenters. The van der Waals surface area contributed by atoms with Crippen LogP contribution in [0, 0.1) is 6.92 Å². The lowest BCUT2D eigenvalue weighted by molar-refractivity contribution is 0.432. The Bertz CT molecular complexity index is 1550. The lowest BCUT2D eigenvalue weighted by Crippen LogP contribution is -2.33. The second-order valence-electron chi connectivity index (χ2n) is 7.32. The summed E-state index contributed by atoms with van der Waals surface area (Å²) in [5, 5.41) is 4.45. The summed E-state index contributed by atoms with van der Waals surface area (Å²) in [5.41, 5.74) is 2.52. The van der Waals surface area contributed by atoms with E-state index in [4.69, 9.17) is 4.52 Å². The first-order valence-electron chi connectivity index (χ1n) is 9.88. The molecule has 7 nitrogen and oxygen atoms in total. The van der Waals surface area contributed by atoms with E-state index in [0.29, 0.717) is 33.9 Å². The van der Waals surface area contributed by atoms with Crippen LogP contribution in [0.15, 0.2) is 85.7 Å². The van der Waals surface area contributed by atoms with Gasteiger partial charge in [0, 0.05) is 16.0 Å². The Balaban J connectivity index is 1.55. The highest BCUT2D eigenvalue weighted by Gasteiger charge is 2.14. The lowest BCUT2D eigenvalue weighted by atomic mass is 10.1. The van der Waals surface area contributed by atoms with E-state index in [2.05, 4.69) is 15.1 Å². The van der Waals surface area contributed by atoms with E-state index in [-0.39, 0.29) is 5.56 Å². The third-order valence-electron chi connectivity index (χ3n) is 5.21. The van der Waals surface area contributed by atoms with Gasteiger partial charge in [0.2, 0.25) is 5.82 Å². The molecule has 2 aromatic heterocycles. The summed E-state index contributed by atoms with van der Waals surface area (Å²) in [6.07, 6.45) is 2.01. The molecule has 0 aliphatic heterocycles. The van der Waals surface area contributed by atoms with Gasteiger partial charge in [0.25, 0.3) is 11.4 Å². The zero-order valence-electron chi connectivity index (χ0n) is 17.3. The summed E-state index contributed by atoms with van der Waals surface area (Å²) in [6.45, 7) is 1.95. The molecule has 0 atom stereocenters. The van der Waals surface area contributed by atoms with Crippen molar-refractivity contribution in [2.75, 3.05) is 6.26 Å². The Labute approximate surface area is 186 Å². The van der Waals surface area contributed by atoms with Gasteiger partial charge in [-0.2, -0.15) is 4.98 Å². The van der Waals surface area contributed by atoms with Crippen LogP contribution in [0.25, 0.3) is 39.4 Å². The molecule has 5 aromatic rings. The number of H-pyrrole nitrogens is 1. The molecular formula is C24H18N4O3S. The zero-order chi connectivity index (χ0) is 22.2. The molecule has 32 heavy (non-hydrogen) atoms. The molecule has 0 fully saturated rings. The zero-order valence-corrected chi connectivity index (χ0v) is 18.1. The predicted molar refractivity (Wildman–Crippen MR) is 125 cm³/mol. The summed E-state index contributed by atoms with van der Waals surface area (Å²) in [5.74, 6) is 0.774. The van der Waals surface area contributed by atoms with Gasteiger partial charge in [-0.1, -0.05) is 22.9 Å². The maximum atomic E-state index is 13.0. The molecule has 5 rings (SSSR count). The van der Waals surface area contributed by atoms with Gasteiger partial charge in [-0.25, -0.2) is 9.36 Å². The van der Waals surface area contributed by atoms with E-state index in [1.807, 2.05) is 49.6 Å². The summed E-state index contributed by atoms with van der Waals surface area (Å²) >= 11 is 1.66. The number of aromatic amines is 1. The summed E-state index contributed by atoms with van der Waals surface area (Å²) in [6, 6.07) is 20.1. The van der Waals surface area contributed by atoms with Crippen molar-refractivity contribution < 1.29 is 4.52 Å². The van der Waals surface area contributed by atoms with E-state index in [1.54, 1.807) is 42.1 Å². The number of nitrogens with zero attached hydrogens (tertiary/aromatic N) is 3. The molecule has 0 radical (unpaired) electrons. The van der Waals surface area contributed by atoms with Crippen molar-refractivity contribution in [3.8, 4) is 28.5 Å². The number of hydrogen-bond donors (Lipinski definition) is 1. The minimum atomic E-state index is -0.511. The van der Waals surface area contributed by atoms with Crippen LogP contribution in [0.1, 0.15) is 5.56 Å². The Morgan fingerprint density at radius 1 is 0.938 bits per heavy atom. The monoisotopic (exact) mass is 442 g/mol. The summed E-state index contributed by atoms with van der Waals surface area (Å²) in [7, 11) is 0. The molecule has 1 N–H and O–H groups in total. The van der Waals surface area contributed by atoms with Crippen molar-refractivity contribution in [1.29, 1.82) is 0 Å². The van der Waals surface area contributed by atoms with Crippen molar-refractivity contribution in [3.63, 3.8) is 0 Å². The molecule has 0 amide bonds. The fourth-order valence-electron chi connectivity index (χ4n) is 3.48. The van der Waals surface area contributed by atoms with Crippen molar-refractivity contribution in [2.24, 2.45) is 0 Å². The van der Waals surface area contributed by atoms with Gasteiger partial charge < -0.3 is 9.51 Å². The van der Waals surface area contributed by atoms with E-state index in [9.17, 15) is 9.59 Å². The molecule has 0 aliphatic carbocycles. The Kier molecular flexibility index (Phi) is 4.99. The standard InChI is InChI=1S/C24H18N4O3S/c1-14-3-8-17(9-4-14)28-23(29)19-12-7-16(13-20(19)25-24(28)30)22-26-21(27-31-22)15-5-10-18(32-2)11-6-15/h3-13H,1-2H3,(H,25,30). The van der Waals surface area contributed by atoms with Crippen LogP contribution in [0.5, 0.6) is 0 Å². The molecule has 3 aromatic carbocycles. The van der Waals surface area contributed by atoms with Crippen molar-refractivity contribution in [2.45, 2.75) is 11.8 Å². The second kappa shape index (κ2) is 7.97. The van der Waals surface area contributed by atoms with Crippen LogP contribution in [-0.4, -0.2) is 25.9 Å². The topological polar surface area (TPSA) is 93.8 Å². The van der Waals surface area contributed by atoms with Gasteiger partial charge in [0.1, 0.15) is 0 Å². The largest absolute Gasteiger partial charge is 0.334 e. The van der Waals surface area contributed by atoms with Crippen LogP contribution in [0.2, 0.25) is 0 Å². The van der Waals surface area contributed by atoms with Crippen molar-refractivity contribution in [1.82, 2.24) is 19.7 Å². The van der Waals surface area contributed by atoms with E-state index < -0.39 is 5.69 Å². The third kappa shape index (κ3) is 3.54. The number of thioether (sulfide) groups is 1. The van der Waals surface area contributed by atoms with Gasteiger partial charge in [-0.05, 0) is 67.8 Å². The van der Waals surface area contributed by atoms with Gasteiger partial charge in [0.05, 0.1) is 16.6 Å². The maximum Gasteiger partial charge on any atom is 0.333 e. The van der Waals surface area contributed by atoms with Gasteiger partial charge in [0.15, 0.2) is 0 Å². The van der Waals surface area contributed by atoms with Crippen LogP contribution in [0.3, 0.4) is 0 Å². The Hall–Kier alpha value is -3.91. The average molecular weight is 443 g/mol.